The van der Waals surface area contributed by atoms with E-state index >= 15 is 0 Å². The van der Waals surface area contributed by atoms with Gasteiger partial charge in [-0.2, -0.15) is 8.78 Å². The minimum Gasteiger partial charge on any atom is -0.493 e. The molecule has 0 aliphatic rings. The highest BCUT2D eigenvalue weighted by Gasteiger charge is 2.13. The van der Waals surface area contributed by atoms with Crippen molar-refractivity contribution in [3.63, 3.8) is 0 Å². The van der Waals surface area contributed by atoms with Gasteiger partial charge in [-0.05, 0) is 79.6 Å². The molecule has 5 nitrogen and oxygen atoms in total. The normalized spacial score (nSPS) is 11.2. The number of halogens is 3. The van der Waals surface area contributed by atoms with E-state index in [1.54, 1.807) is 12.1 Å². The molecule has 0 atom stereocenters. The third-order valence-corrected chi connectivity index (χ3v) is 5.13. The molecule has 0 spiro atoms. The van der Waals surface area contributed by atoms with E-state index in [1.807, 2.05) is 26.0 Å². The molecule has 0 aliphatic heterocycles. The number of methoxy groups -OCH3 is 1. The Morgan fingerprint density at radius 3 is 2.47 bits per heavy atom. The third kappa shape index (κ3) is 5.88. The second-order valence-corrected chi connectivity index (χ2v) is 7.28. The van der Waals surface area contributed by atoms with E-state index in [0.717, 1.165) is 11.1 Å². The summed E-state index contributed by atoms with van der Waals surface area (Å²) in [6.07, 6.45) is 2.83. The van der Waals surface area contributed by atoms with Gasteiger partial charge in [0.2, 0.25) is 0 Å². The molecule has 0 unspecified atom stereocenters. The number of ether oxygens (including phenoxy) is 3. The van der Waals surface area contributed by atoms with Gasteiger partial charge < -0.3 is 18.6 Å². The van der Waals surface area contributed by atoms with Gasteiger partial charge >= 0.3 is 6.61 Å². The average molecular weight is 463 g/mol. The van der Waals surface area contributed by atoms with E-state index in [4.69, 9.17) is 25.5 Å². The van der Waals surface area contributed by atoms with E-state index in [9.17, 15) is 13.6 Å². The lowest BCUT2D eigenvalue weighted by Crippen LogP contribution is -2.04. The van der Waals surface area contributed by atoms with Crippen LogP contribution in [0.15, 0.2) is 53.0 Å². The largest absolute Gasteiger partial charge is 0.493 e. The minimum absolute atomic E-state index is 0.0367. The van der Waals surface area contributed by atoms with Gasteiger partial charge in [0, 0.05) is 10.6 Å². The van der Waals surface area contributed by atoms with Gasteiger partial charge in [-0.25, -0.2) is 0 Å². The third-order valence-electron chi connectivity index (χ3n) is 4.54. The van der Waals surface area contributed by atoms with E-state index < -0.39 is 6.61 Å². The highest BCUT2D eigenvalue weighted by Crippen LogP contribution is 2.30. The molecular formula is C24H21ClF2O5. The fraction of sp³-hybridized carbons (Fsp3) is 0.208. The van der Waals surface area contributed by atoms with Crippen molar-refractivity contribution in [2.45, 2.75) is 27.1 Å². The molecule has 0 N–H and O–H groups in total. The Labute approximate surface area is 189 Å². The van der Waals surface area contributed by atoms with Crippen molar-refractivity contribution in [2.24, 2.45) is 0 Å². The van der Waals surface area contributed by atoms with Crippen LogP contribution < -0.4 is 14.2 Å². The summed E-state index contributed by atoms with van der Waals surface area (Å²) in [6.45, 7) is 1.04. The standard InChI is InChI=1S/C24H21ClF2O5/c1-14-10-19(11-15(2)23(14)25)30-13-18-6-5-17(31-18)7-8-20(28)16-4-9-21(32-24(26)27)22(12-16)29-3/h4-12,24H,13H2,1-3H3/b8-7+. The van der Waals surface area contributed by atoms with Crippen molar-refractivity contribution in [1.29, 1.82) is 0 Å². The molecule has 2 aromatic carbocycles. The predicted octanol–water partition coefficient (Wildman–Crippen LogP) is 6.63. The number of carbonyl (C=O) groups is 1. The topological polar surface area (TPSA) is 57.9 Å². The van der Waals surface area contributed by atoms with Crippen LogP contribution in [0.3, 0.4) is 0 Å². The summed E-state index contributed by atoms with van der Waals surface area (Å²) < 4.78 is 45.7. The summed E-state index contributed by atoms with van der Waals surface area (Å²) in [5.74, 6) is 1.26. The van der Waals surface area contributed by atoms with Crippen molar-refractivity contribution in [3.8, 4) is 17.2 Å². The first-order valence-electron chi connectivity index (χ1n) is 9.60. The van der Waals surface area contributed by atoms with Gasteiger partial charge in [0.05, 0.1) is 7.11 Å². The molecule has 32 heavy (non-hydrogen) atoms. The van der Waals surface area contributed by atoms with Crippen molar-refractivity contribution in [1.82, 2.24) is 0 Å². The van der Waals surface area contributed by atoms with Gasteiger partial charge in [-0.1, -0.05) is 11.6 Å². The van der Waals surface area contributed by atoms with Crippen LogP contribution in [0.5, 0.6) is 17.2 Å². The SMILES string of the molecule is COc1cc(C(=O)/C=C/c2ccc(COc3cc(C)c(Cl)c(C)c3)o2)ccc1OC(F)F. The zero-order valence-corrected chi connectivity index (χ0v) is 18.4. The number of hydrogen-bond donors (Lipinski definition) is 0. The lowest BCUT2D eigenvalue weighted by molar-refractivity contribution is -0.0512. The lowest BCUT2D eigenvalue weighted by atomic mass is 10.1. The predicted molar refractivity (Wildman–Crippen MR) is 117 cm³/mol. The Bertz CT molecular complexity index is 1110. The Morgan fingerprint density at radius 1 is 1.09 bits per heavy atom. The molecule has 8 heteroatoms. The summed E-state index contributed by atoms with van der Waals surface area (Å²) in [6, 6.07) is 11.1. The van der Waals surface area contributed by atoms with Gasteiger partial charge in [-0.15, -0.1) is 0 Å². The maximum Gasteiger partial charge on any atom is 0.387 e. The van der Waals surface area contributed by atoms with Gasteiger partial charge in [0.15, 0.2) is 17.3 Å². The van der Waals surface area contributed by atoms with Crippen molar-refractivity contribution in [3.05, 3.63) is 81.8 Å². The number of hydrogen-bond acceptors (Lipinski definition) is 5. The van der Waals surface area contributed by atoms with Gasteiger partial charge in [0.25, 0.3) is 0 Å². The molecular weight excluding hydrogens is 442 g/mol. The van der Waals surface area contributed by atoms with Crippen LogP contribution in [0, 0.1) is 13.8 Å². The molecule has 3 aromatic rings. The van der Waals surface area contributed by atoms with Crippen LogP contribution in [0.1, 0.15) is 33.0 Å². The van der Waals surface area contributed by atoms with Crippen LogP contribution in [0.4, 0.5) is 8.78 Å². The Hall–Kier alpha value is -3.32. The maximum absolute atomic E-state index is 12.4. The van der Waals surface area contributed by atoms with Crippen LogP contribution in [-0.4, -0.2) is 19.5 Å². The maximum atomic E-state index is 12.4. The molecule has 1 heterocycles. The zero-order valence-electron chi connectivity index (χ0n) is 17.7. The monoisotopic (exact) mass is 462 g/mol. The summed E-state index contributed by atoms with van der Waals surface area (Å²) in [5, 5.41) is 0.709. The molecule has 0 bridgehead atoms. The quantitative estimate of drug-likeness (QED) is 0.263. The number of benzene rings is 2. The number of ketones is 1. The molecule has 1 aromatic heterocycles. The average Bonchev–Trinajstić information content (AvgIpc) is 3.22. The van der Waals surface area contributed by atoms with E-state index in [2.05, 4.69) is 4.74 Å². The fourth-order valence-corrected chi connectivity index (χ4v) is 3.08. The second kappa shape index (κ2) is 10.3. The molecule has 0 saturated carbocycles. The number of carbonyl (C=O) groups excluding carboxylic acids is 1. The number of rotatable bonds is 9. The highest BCUT2D eigenvalue weighted by molar-refractivity contribution is 6.32. The zero-order chi connectivity index (χ0) is 23.3. The summed E-state index contributed by atoms with van der Waals surface area (Å²) >= 11 is 6.17. The highest BCUT2D eigenvalue weighted by atomic mass is 35.5. The molecule has 0 saturated heterocycles. The van der Waals surface area contributed by atoms with Gasteiger partial charge in [-0.3, -0.25) is 4.79 Å². The first-order valence-corrected chi connectivity index (χ1v) is 9.98. The molecule has 0 aliphatic carbocycles. The number of furan rings is 1. The second-order valence-electron chi connectivity index (χ2n) is 6.91. The molecule has 0 amide bonds. The van der Waals surface area contributed by atoms with Crippen LogP contribution in [0.2, 0.25) is 5.02 Å². The minimum atomic E-state index is -2.99. The number of aryl methyl sites for hydroxylation is 2. The lowest BCUT2D eigenvalue weighted by Gasteiger charge is -2.10. The van der Waals surface area contributed by atoms with Crippen molar-refractivity contribution >= 4 is 23.5 Å². The molecule has 168 valence electrons. The van der Waals surface area contributed by atoms with E-state index in [0.29, 0.717) is 22.3 Å². The first kappa shape index (κ1) is 23.3. The molecule has 0 radical (unpaired) electrons. The van der Waals surface area contributed by atoms with Gasteiger partial charge in [0.1, 0.15) is 23.9 Å². The van der Waals surface area contributed by atoms with E-state index in [-0.39, 0.29) is 29.5 Å². The van der Waals surface area contributed by atoms with Crippen LogP contribution >= 0.6 is 11.6 Å². The summed E-state index contributed by atoms with van der Waals surface area (Å²) in [5.41, 5.74) is 2.10. The summed E-state index contributed by atoms with van der Waals surface area (Å²) in [7, 11) is 1.30. The van der Waals surface area contributed by atoms with Crippen LogP contribution in [0.25, 0.3) is 6.08 Å². The van der Waals surface area contributed by atoms with E-state index in [1.165, 1.54) is 37.5 Å². The Kier molecular flexibility index (Phi) is 7.53. The first-order chi connectivity index (χ1) is 15.3. The number of allylic oxidation sites excluding steroid dienone is 1. The number of alkyl halides is 2. The Balaban J connectivity index is 1.63. The smallest absolute Gasteiger partial charge is 0.387 e. The van der Waals surface area contributed by atoms with Crippen molar-refractivity contribution < 1.29 is 32.2 Å². The summed E-state index contributed by atoms with van der Waals surface area (Å²) in [4.78, 5) is 12.4. The fourth-order valence-electron chi connectivity index (χ4n) is 2.97. The van der Waals surface area contributed by atoms with Crippen LogP contribution in [-0.2, 0) is 6.61 Å². The molecule has 3 rings (SSSR count). The Morgan fingerprint density at radius 2 is 1.81 bits per heavy atom. The molecule has 0 fully saturated rings. The van der Waals surface area contributed by atoms with Crippen molar-refractivity contribution in [2.75, 3.05) is 7.11 Å².